The molecule has 0 aromatic heterocycles. The number of nitro groups is 3. The summed E-state index contributed by atoms with van der Waals surface area (Å²) in [6, 6.07) is 0. The van der Waals surface area contributed by atoms with Crippen molar-refractivity contribution in [3.05, 3.63) is 30.3 Å². The summed E-state index contributed by atoms with van der Waals surface area (Å²) in [7, 11) is 0. The van der Waals surface area contributed by atoms with E-state index in [4.69, 9.17) is 0 Å². The molecule has 12 heteroatoms. The molecule has 0 aromatic carbocycles. The van der Waals surface area contributed by atoms with Crippen LogP contribution in [0.25, 0.3) is 0 Å². The number of rotatable bonds is 3. The lowest BCUT2D eigenvalue weighted by molar-refractivity contribution is -0.821. The molecule has 0 N–H and O–H groups in total. The van der Waals surface area contributed by atoms with Gasteiger partial charge >= 0.3 is 0 Å². The number of hydrazine groups is 4. The second-order valence-electron chi connectivity index (χ2n) is 2.25. The molecule has 78 valence electrons. The Labute approximate surface area is 75.2 Å². The van der Waals surface area contributed by atoms with E-state index >= 15 is 0 Å². The Bertz CT molecular complexity index is 268. The van der Waals surface area contributed by atoms with Crippen molar-refractivity contribution in [1.82, 2.24) is 15.2 Å². The largest absolute Gasteiger partial charge is 0.239 e. The van der Waals surface area contributed by atoms with Crippen LogP contribution < -0.4 is 0 Å². The molecule has 0 unspecified atom stereocenters. The van der Waals surface area contributed by atoms with Crippen molar-refractivity contribution >= 4 is 0 Å². The summed E-state index contributed by atoms with van der Waals surface area (Å²) in [4.78, 5) is 30.6. The van der Waals surface area contributed by atoms with Gasteiger partial charge in [-0.15, -0.1) is 0 Å². The fourth-order valence-electron chi connectivity index (χ4n) is 0.858. The van der Waals surface area contributed by atoms with Gasteiger partial charge in [-0.3, -0.25) is 0 Å². The molecular weight excluding hydrogens is 204 g/mol. The van der Waals surface area contributed by atoms with Gasteiger partial charge in [0, 0.05) is 0 Å². The molecule has 0 bridgehead atoms. The van der Waals surface area contributed by atoms with E-state index < -0.39 is 28.4 Å². The third-order valence-corrected chi connectivity index (χ3v) is 1.45. The van der Waals surface area contributed by atoms with Gasteiger partial charge in [0.05, 0.1) is 10.2 Å². The zero-order valence-electron chi connectivity index (χ0n) is 6.55. The highest BCUT2D eigenvalue weighted by atomic mass is 16.7. The van der Waals surface area contributed by atoms with E-state index in [1.165, 1.54) is 0 Å². The molecular formula is C2H4N6O6. The Morgan fingerprint density at radius 2 is 1.14 bits per heavy atom. The van der Waals surface area contributed by atoms with Crippen LogP contribution in [0.5, 0.6) is 0 Å². The van der Waals surface area contributed by atoms with Gasteiger partial charge in [0.2, 0.25) is 13.3 Å². The lowest BCUT2D eigenvalue weighted by Crippen LogP contribution is -2.44. The monoisotopic (exact) mass is 208 g/mol. The van der Waals surface area contributed by atoms with Crippen molar-refractivity contribution in [3.8, 4) is 0 Å². The van der Waals surface area contributed by atoms with Crippen molar-refractivity contribution in [2.24, 2.45) is 0 Å². The minimum atomic E-state index is -1.09. The average molecular weight is 208 g/mol. The smallest absolute Gasteiger partial charge is 0.235 e. The molecule has 1 saturated heterocycles. The van der Waals surface area contributed by atoms with Crippen LogP contribution >= 0.6 is 0 Å². The Hall–Kier alpha value is -2.40. The summed E-state index contributed by atoms with van der Waals surface area (Å²) in [6.45, 7) is -1.53. The van der Waals surface area contributed by atoms with Gasteiger partial charge in [0.15, 0.2) is 15.1 Å². The molecule has 1 heterocycles. The molecule has 1 aliphatic heterocycles. The fourth-order valence-corrected chi connectivity index (χ4v) is 0.858. The van der Waals surface area contributed by atoms with E-state index in [9.17, 15) is 30.3 Å². The minimum absolute atomic E-state index is 0.0444. The number of nitrogens with zero attached hydrogens (tertiary/aromatic N) is 6. The van der Waals surface area contributed by atoms with E-state index in [-0.39, 0.29) is 10.2 Å². The van der Waals surface area contributed by atoms with Crippen molar-refractivity contribution in [2.45, 2.75) is 0 Å². The first-order valence-electron chi connectivity index (χ1n) is 3.16. The van der Waals surface area contributed by atoms with E-state index in [2.05, 4.69) is 0 Å². The second-order valence-corrected chi connectivity index (χ2v) is 2.25. The second kappa shape index (κ2) is 3.15. The molecule has 1 fully saturated rings. The summed E-state index contributed by atoms with van der Waals surface area (Å²) in [5.41, 5.74) is 0. The average Bonchev–Trinajstić information content (AvgIpc) is 2.47. The lowest BCUT2D eigenvalue weighted by atomic mass is 11.0. The molecule has 0 aliphatic carbocycles. The number of hydrogen-bond acceptors (Lipinski definition) is 6. The van der Waals surface area contributed by atoms with Gasteiger partial charge in [0.1, 0.15) is 0 Å². The molecule has 0 aromatic rings. The van der Waals surface area contributed by atoms with E-state index in [0.717, 1.165) is 0 Å². The zero-order valence-corrected chi connectivity index (χ0v) is 6.55. The summed E-state index contributed by atoms with van der Waals surface area (Å²) in [5.74, 6) is 0. The Morgan fingerprint density at radius 1 is 0.786 bits per heavy atom. The number of hydrogen-bond donors (Lipinski definition) is 0. The predicted octanol–water partition coefficient (Wildman–Crippen LogP) is -1.69. The quantitative estimate of drug-likeness (QED) is 0.392. The fraction of sp³-hybridized carbons (Fsp3) is 1.00. The third kappa shape index (κ3) is 1.52. The highest BCUT2D eigenvalue weighted by Crippen LogP contribution is 2.10. The maximum absolute atomic E-state index is 10.2. The SMILES string of the molecule is O=[N+]([O-])N1CN([N+](=O)[O-])N([N+](=O)[O-])C1. The molecule has 1 aliphatic rings. The van der Waals surface area contributed by atoms with Crippen LogP contribution in [0.3, 0.4) is 0 Å². The Balaban J connectivity index is 2.80. The molecule has 0 atom stereocenters. The summed E-state index contributed by atoms with van der Waals surface area (Å²) in [5, 5.41) is 27.9. The highest BCUT2D eigenvalue weighted by Gasteiger charge is 2.47. The van der Waals surface area contributed by atoms with Crippen LogP contribution in [-0.2, 0) is 0 Å². The van der Waals surface area contributed by atoms with Crippen LogP contribution in [0.4, 0.5) is 0 Å². The molecule has 0 radical (unpaired) electrons. The molecule has 1 rings (SSSR count). The van der Waals surface area contributed by atoms with Crippen LogP contribution in [0, 0.1) is 30.3 Å². The van der Waals surface area contributed by atoms with Crippen LogP contribution in [0.15, 0.2) is 0 Å². The molecule has 0 spiro atoms. The summed E-state index contributed by atoms with van der Waals surface area (Å²) >= 11 is 0. The topological polar surface area (TPSA) is 139 Å². The first-order valence-corrected chi connectivity index (χ1v) is 3.16. The minimum Gasteiger partial charge on any atom is -0.235 e. The maximum atomic E-state index is 10.2. The van der Waals surface area contributed by atoms with Crippen LogP contribution in [0.1, 0.15) is 0 Å². The van der Waals surface area contributed by atoms with Gasteiger partial charge in [-0.05, 0) is 0 Å². The lowest BCUT2D eigenvalue weighted by Gasteiger charge is -2.07. The Morgan fingerprint density at radius 3 is 1.36 bits per heavy atom. The molecule has 12 nitrogen and oxygen atoms in total. The molecule has 0 saturated carbocycles. The first-order chi connectivity index (χ1) is 6.43. The van der Waals surface area contributed by atoms with E-state index in [1.807, 2.05) is 0 Å². The highest BCUT2D eigenvalue weighted by molar-refractivity contribution is 4.45. The maximum Gasteiger partial charge on any atom is 0.239 e. The zero-order chi connectivity index (χ0) is 10.9. The molecule has 14 heavy (non-hydrogen) atoms. The summed E-state index contributed by atoms with van der Waals surface area (Å²) < 4.78 is 0. The van der Waals surface area contributed by atoms with Crippen molar-refractivity contribution in [1.29, 1.82) is 0 Å². The predicted molar refractivity (Wildman–Crippen MR) is 36.2 cm³/mol. The van der Waals surface area contributed by atoms with Crippen molar-refractivity contribution < 1.29 is 15.1 Å². The summed E-state index contributed by atoms with van der Waals surface area (Å²) in [6.07, 6.45) is 0. The van der Waals surface area contributed by atoms with Crippen LogP contribution in [-0.4, -0.2) is 43.7 Å². The Kier molecular flexibility index (Phi) is 2.18. The van der Waals surface area contributed by atoms with Crippen LogP contribution in [0.2, 0.25) is 0 Å². The third-order valence-electron chi connectivity index (χ3n) is 1.45. The van der Waals surface area contributed by atoms with Crippen molar-refractivity contribution in [2.75, 3.05) is 13.3 Å². The van der Waals surface area contributed by atoms with Gasteiger partial charge in [0.25, 0.3) is 0 Å². The van der Waals surface area contributed by atoms with E-state index in [0.29, 0.717) is 5.01 Å². The van der Waals surface area contributed by atoms with Gasteiger partial charge < -0.3 is 0 Å². The molecule has 0 amide bonds. The van der Waals surface area contributed by atoms with Gasteiger partial charge in [-0.25, -0.2) is 30.3 Å². The first kappa shape index (κ1) is 9.69. The normalized spacial score (nSPS) is 15.9. The van der Waals surface area contributed by atoms with Crippen molar-refractivity contribution in [3.63, 3.8) is 0 Å². The van der Waals surface area contributed by atoms with E-state index in [1.54, 1.807) is 0 Å². The van der Waals surface area contributed by atoms with Gasteiger partial charge in [-0.2, -0.15) is 0 Å². The van der Waals surface area contributed by atoms with Gasteiger partial charge in [-0.1, -0.05) is 5.01 Å². The standard InChI is InChI=1S/C2H4N6O6/c9-6(10)3-1-4(7(11)12)5(2-3)8(13)14/h1-2H2.